The van der Waals surface area contributed by atoms with E-state index < -0.39 is 0 Å². The van der Waals surface area contributed by atoms with E-state index in [2.05, 4.69) is 12.2 Å². The molecule has 1 aromatic carbocycles. The Morgan fingerprint density at radius 1 is 1.35 bits per heavy atom. The highest BCUT2D eigenvalue weighted by atomic mass is 16.5. The Hall–Kier alpha value is -1.55. The van der Waals surface area contributed by atoms with Gasteiger partial charge in [-0.15, -0.1) is 0 Å². The average molecular weight is 276 g/mol. The summed E-state index contributed by atoms with van der Waals surface area (Å²) in [5, 5.41) is 2.91. The van der Waals surface area contributed by atoms with Crippen molar-refractivity contribution in [1.82, 2.24) is 5.32 Å². The quantitative estimate of drug-likeness (QED) is 0.752. The number of benzene rings is 1. The molecule has 0 atom stereocenters. The summed E-state index contributed by atoms with van der Waals surface area (Å²) in [6.45, 7) is 3.40. The van der Waals surface area contributed by atoms with E-state index in [4.69, 9.17) is 10.5 Å². The van der Waals surface area contributed by atoms with Crippen LogP contribution in [-0.2, 0) is 0 Å². The van der Waals surface area contributed by atoms with Gasteiger partial charge in [-0.1, -0.05) is 13.3 Å². The van der Waals surface area contributed by atoms with Crippen LogP contribution >= 0.6 is 0 Å². The molecule has 0 aromatic heterocycles. The minimum Gasteiger partial charge on any atom is -0.494 e. The predicted octanol–water partition coefficient (Wildman–Crippen LogP) is 2.48. The number of carbonyl (C=O) groups is 1. The van der Waals surface area contributed by atoms with Crippen LogP contribution in [0.25, 0.3) is 0 Å². The van der Waals surface area contributed by atoms with Gasteiger partial charge < -0.3 is 15.8 Å². The highest BCUT2D eigenvalue weighted by Gasteiger charge is 2.32. The first kappa shape index (κ1) is 14.9. The first-order chi connectivity index (χ1) is 9.63. The minimum atomic E-state index is -0.182. The molecule has 1 fully saturated rings. The third kappa shape index (κ3) is 3.97. The molecule has 0 saturated heterocycles. The van der Waals surface area contributed by atoms with Crippen LogP contribution in [0.15, 0.2) is 24.3 Å². The number of unbranched alkanes of at least 4 members (excludes halogenated alkanes) is 1. The van der Waals surface area contributed by atoms with Crippen LogP contribution in [0.3, 0.4) is 0 Å². The largest absolute Gasteiger partial charge is 0.494 e. The lowest BCUT2D eigenvalue weighted by molar-refractivity contribution is 0.0930. The SMILES string of the molecule is CCCCOc1ccc(C(=O)NCC2(N)CCC2)cc1. The van der Waals surface area contributed by atoms with E-state index in [0.717, 1.165) is 44.5 Å². The number of nitrogens with one attached hydrogen (secondary N) is 1. The normalized spacial score (nSPS) is 16.3. The van der Waals surface area contributed by atoms with Crippen LogP contribution in [0.4, 0.5) is 0 Å². The second-order valence-electron chi connectivity index (χ2n) is 5.62. The molecule has 0 aliphatic heterocycles. The molecule has 4 nitrogen and oxygen atoms in total. The Balaban J connectivity index is 1.80. The number of rotatable bonds is 7. The zero-order valence-electron chi connectivity index (χ0n) is 12.2. The lowest BCUT2D eigenvalue weighted by atomic mass is 9.78. The predicted molar refractivity (Wildman–Crippen MR) is 79.9 cm³/mol. The summed E-state index contributed by atoms with van der Waals surface area (Å²) in [6, 6.07) is 7.26. The van der Waals surface area contributed by atoms with Gasteiger partial charge in [0.05, 0.1) is 6.61 Å². The van der Waals surface area contributed by atoms with E-state index in [1.54, 1.807) is 12.1 Å². The van der Waals surface area contributed by atoms with E-state index in [9.17, 15) is 4.79 Å². The van der Waals surface area contributed by atoms with Crippen molar-refractivity contribution < 1.29 is 9.53 Å². The van der Waals surface area contributed by atoms with Crippen molar-refractivity contribution in [3.63, 3.8) is 0 Å². The lowest BCUT2D eigenvalue weighted by Crippen LogP contribution is -2.54. The monoisotopic (exact) mass is 276 g/mol. The summed E-state index contributed by atoms with van der Waals surface area (Å²) in [6.07, 6.45) is 5.31. The van der Waals surface area contributed by atoms with Gasteiger partial charge in [0.1, 0.15) is 5.75 Å². The highest BCUT2D eigenvalue weighted by molar-refractivity contribution is 5.94. The summed E-state index contributed by atoms with van der Waals surface area (Å²) < 4.78 is 5.57. The van der Waals surface area contributed by atoms with Crippen LogP contribution < -0.4 is 15.8 Å². The fraction of sp³-hybridized carbons (Fsp3) is 0.562. The molecule has 3 N–H and O–H groups in total. The van der Waals surface area contributed by atoms with Crippen LogP contribution in [0, 0.1) is 0 Å². The van der Waals surface area contributed by atoms with E-state index in [1.165, 1.54) is 0 Å². The summed E-state index contributed by atoms with van der Waals surface area (Å²) in [5.41, 5.74) is 6.55. The molecular weight excluding hydrogens is 252 g/mol. The van der Waals surface area contributed by atoms with Crippen molar-refractivity contribution in [1.29, 1.82) is 0 Å². The van der Waals surface area contributed by atoms with Gasteiger partial charge in [0.15, 0.2) is 0 Å². The minimum absolute atomic E-state index is 0.0677. The molecule has 1 saturated carbocycles. The van der Waals surface area contributed by atoms with Crippen molar-refractivity contribution >= 4 is 5.91 Å². The van der Waals surface area contributed by atoms with Crippen molar-refractivity contribution in [2.24, 2.45) is 5.73 Å². The van der Waals surface area contributed by atoms with Gasteiger partial charge >= 0.3 is 0 Å². The first-order valence-corrected chi connectivity index (χ1v) is 7.43. The lowest BCUT2D eigenvalue weighted by Gasteiger charge is -2.38. The maximum absolute atomic E-state index is 12.0. The zero-order chi connectivity index (χ0) is 14.4. The van der Waals surface area contributed by atoms with E-state index in [1.807, 2.05) is 12.1 Å². The molecule has 110 valence electrons. The molecule has 1 aliphatic carbocycles. The number of nitrogens with two attached hydrogens (primary N) is 1. The van der Waals surface area contributed by atoms with Crippen LogP contribution in [-0.4, -0.2) is 24.6 Å². The molecule has 20 heavy (non-hydrogen) atoms. The maximum Gasteiger partial charge on any atom is 0.251 e. The van der Waals surface area contributed by atoms with E-state index >= 15 is 0 Å². The van der Waals surface area contributed by atoms with Crippen molar-refractivity contribution in [3.05, 3.63) is 29.8 Å². The molecule has 1 aliphatic rings. The average Bonchev–Trinajstić information content (AvgIpc) is 2.44. The van der Waals surface area contributed by atoms with Gasteiger partial charge in [-0.3, -0.25) is 4.79 Å². The highest BCUT2D eigenvalue weighted by Crippen LogP contribution is 2.28. The van der Waals surface area contributed by atoms with Gasteiger partial charge in [-0.25, -0.2) is 0 Å². The van der Waals surface area contributed by atoms with Gasteiger partial charge in [0, 0.05) is 17.6 Å². The smallest absolute Gasteiger partial charge is 0.251 e. The molecule has 2 rings (SSSR count). The summed E-state index contributed by atoms with van der Waals surface area (Å²) >= 11 is 0. The van der Waals surface area contributed by atoms with Gasteiger partial charge in [-0.2, -0.15) is 0 Å². The Labute approximate surface area is 120 Å². The molecule has 0 radical (unpaired) electrons. The standard InChI is InChI=1S/C16H24N2O2/c1-2-3-11-20-14-7-5-13(6-8-14)15(19)18-12-16(17)9-4-10-16/h5-8H,2-4,9-12,17H2,1H3,(H,18,19). The number of amides is 1. The third-order valence-corrected chi connectivity index (χ3v) is 3.83. The fourth-order valence-corrected chi connectivity index (χ4v) is 2.20. The molecule has 1 aromatic rings. The third-order valence-electron chi connectivity index (χ3n) is 3.83. The molecule has 0 spiro atoms. The van der Waals surface area contributed by atoms with Crippen LogP contribution in [0.5, 0.6) is 5.75 Å². The van der Waals surface area contributed by atoms with Gasteiger partial charge in [0.25, 0.3) is 5.91 Å². The Morgan fingerprint density at radius 2 is 2.05 bits per heavy atom. The number of hydrogen-bond donors (Lipinski definition) is 2. The summed E-state index contributed by atoms with van der Waals surface area (Å²) in [4.78, 5) is 12.0. The van der Waals surface area contributed by atoms with Gasteiger partial charge in [0.2, 0.25) is 0 Å². The fourth-order valence-electron chi connectivity index (χ4n) is 2.20. The molecule has 0 unspecified atom stereocenters. The maximum atomic E-state index is 12.0. The topological polar surface area (TPSA) is 64.3 Å². The molecule has 0 heterocycles. The molecular formula is C16H24N2O2. The molecule has 1 amide bonds. The Kier molecular flexibility index (Phi) is 5.01. The number of carbonyl (C=O) groups excluding carboxylic acids is 1. The van der Waals surface area contributed by atoms with E-state index in [-0.39, 0.29) is 11.4 Å². The second kappa shape index (κ2) is 6.75. The summed E-state index contributed by atoms with van der Waals surface area (Å²) in [7, 11) is 0. The number of hydrogen-bond acceptors (Lipinski definition) is 3. The second-order valence-corrected chi connectivity index (χ2v) is 5.62. The Morgan fingerprint density at radius 3 is 2.60 bits per heavy atom. The van der Waals surface area contributed by atoms with Crippen molar-refractivity contribution in [2.75, 3.05) is 13.2 Å². The van der Waals surface area contributed by atoms with Crippen LogP contribution in [0.1, 0.15) is 49.4 Å². The van der Waals surface area contributed by atoms with Crippen LogP contribution in [0.2, 0.25) is 0 Å². The molecule has 4 heteroatoms. The van der Waals surface area contributed by atoms with Crippen molar-refractivity contribution in [3.8, 4) is 5.75 Å². The zero-order valence-corrected chi connectivity index (χ0v) is 12.2. The van der Waals surface area contributed by atoms with Crippen molar-refractivity contribution in [2.45, 2.75) is 44.6 Å². The van der Waals surface area contributed by atoms with Gasteiger partial charge in [-0.05, 0) is 49.9 Å². The Bertz CT molecular complexity index is 438. The molecule has 0 bridgehead atoms. The summed E-state index contributed by atoms with van der Waals surface area (Å²) in [5.74, 6) is 0.742. The van der Waals surface area contributed by atoms with E-state index in [0.29, 0.717) is 12.1 Å². The first-order valence-electron chi connectivity index (χ1n) is 7.43. The number of ether oxygens (including phenoxy) is 1.